The summed E-state index contributed by atoms with van der Waals surface area (Å²) in [5.41, 5.74) is 4.67. The Morgan fingerprint density at radius 3 is 2.54 bits per heavy atom. The van der Waals surface area contributed by atoms with Crippen LogP contribution < -0.4 is 25.0 Å². The third-order valence-electron chi connectivity index (χ3n) is 5.41. The molecule has 0 fully saturated rings. The Morgan fingerprint density at radius 1 is 1.00 bits per heavy atom. The number of hydrazone groups is 1. The summed E-state index contributed by atoms with van der Waals surface area (Å²) < 4.78 is 16.5. The molecule has 3 aromatic carbocycles. The fraction of sp³-hybridized carbons (Fsp3) is 0.222. The van der Waals surface area contributed by atoms with Crippen molar-refractivity contribution >= 4 is 18.0 Å². The molecule has 0 bridgehead atoms. The first-order valence-corrected chi connectivity index (χ1v) is 11.3. The number of para-hydroxylation sites is 1. The van der Waals surface area contributed by atoms with Crippen LogP contribution in [0.5, 0.6) is 17.2 Å². The van der Waals surface area contributed by atoms with Gasteiger partial charge in [-0.25, -0.2) is 5.43 Å². The lowest BCUT2D eigenvalue weighted by atomic mass is 10.0. The van der Waals surface area contributed by atoms with E-state index in [2.05, 4.69) is 15.8 Å². The second-order valence-electron chi connectivity index (χ2n) is 8.31. The van der Waals surface area contributed by atoms with Crippen molar-refractivity contribution < 1.29 is 23.8 Å². The van der Waals surface area contributed by atoms with Crippen LogP contribution in [-0.2, 0) is 11.4 Å². The lowest BCUT2D eigenvalue weighted by molar-refractivity contribution is -0.123. The van der Waals surface area contributed by atoms with Gasteiger partial charge in [-0.2, -0.15) is 5.10 Å². The monoisotopic (exact) mass is 473 g/mol. The minimum Gasteiger partial charge on any atom is -0.488 e. The van der Waals surface area contributed by atoms with Crippen LogP contribution in [0.15, 0.2) is 77.9 Å². The summed E-state index contributed by atoms with van der Waals surface area (Å²) in [6.07, 6.45) is 1.52. The number of fused-ring (bicyclic) bond motifs is 1. The van der Waals surface area contributed by atoms with E-state index in [-0.39, 0.29) is 18.6 Å². The molecule has 2 N–H and O–H groups in total. The van der Waals surface area contributed by atoms with E-state index in [9.17, 15) is 9.59 Å². The average Bonchev–Trinajstić information content (AvgIpc) is 3.35. The van der Waals surface area contributed by atoms with Gasteiger partial charge in [-0.15, -0.1) is 0 Å². The van der Waals surface area contributed by atoms with E-state index in [1.807, 2.05) is 68.4 Å². The maximum atomic E-state index is 12.8. The number of carbonyl (C=O) groups excluding carboxylic acids is 2. The largest absolute Gasteiger partial charge is 0.488 e. The van der Waals surface area contributed by atoms with E-state index in [1.54, 1.807) is 18.2 Å². The van der Waals surface area contributed by atoms with Crippen molar-refractivity contribution in [1.29, 1.82) is 0 Å². The van der Waals surface area contributed by atoms with Gasteiger partial charge in [-0.1, -0.05) is 56.3 Å². The summed E-state index contributed by atoms with van der Waals surface area (Å²) >= 11 is 0. The fourth-order valence-corrected chi connectivity index (χ4v) is 3.49. The Hall–Kier alpha value is -4.33. The van der Waals surface area contributed by atoms with Crippen molar-refractivity contribution in [3.05, 3.63) is 89.5 Å². The molecule has 0 spiro atoms. The highest BCUT2D eigenvalue weighted by molar-refractivity contribution is 5.98. The molecule has 1 heterocycles. The Labute approximate surface area is 203 Å². The molecule has 1 aliphatic heterocycles. The van der Waals surface area contributed by atoms with Crippen molar-refractivity contribution in [1.82, 2.24) is 10.7 Å². The number of rotatable bonds is 9. The highest BCUT2D eigenvalue weighted by atomic mass is 16.7. The molecule has 35 heavy (non-hydrogen) atoms. The van der Waals surface area contributed by atoms with E-state index < -0.39 is 11.9 Å². The van der Waals surface area contributed by atoms with Crippen LogP contribution in [0.25, 0.3) is 0 Å². The second-order valence-corrected chi connectivity index (χ2v) is 8.31. The minimum atomic E-state index is -0.783. The fourth-order valence-electron chi connectivity index (χ4n) is 3.49. The van der Waals surface area contributed by atoms with E-state index in [0.717, 1.165) is 5.56 Å². The van der Waals surface area contributed by atoms with Gasteiger partial charge in [0.05, 0.1) is 6.21 Å². The van der Waals surface area contributed by atoms with E-state index >= 15 is 0 Å². The Balaban J connectivity index is 1.37. The van der Waals surface area contributed by atoms with Gasteiger partial charge in [0.2, 0.25) is 6.79 Å². The molecule has 0 aliphatic carbocycles. The molecule has 8 nitrogen and oxygen atoms in total. The molecule has 0 saturated carbocycles. The van der Waals surface area contributed by atoms with Crippen molar-refractivity contribution in [3.63, 3.8) is 0 Å². The van der Waals surface area contributed by atoms with Gasteiger partial charge in [-0.05, 0) is 41.8 Å². The highest BCUT2D eigenvalue weighted by Gasteiger charge is 2.25. The Morgan fingerprint density at radius 2 is 1.74 bits per heavy atom. The molecule has 1 unspecified atom stereocenters. The quantitative estimate of drug-likeness (QED) is 0.363. The zero-order valence-corrected chi connectivity index (χ0v) is 19.6. The van der Waals surface area contributed by atoms with Crippen LogP contribution in [-0.4, -0.2) is 30.9 Å². The molecule has 180 valence electrons. The number of nitrogens with one attached hydrogen (secondary N) is 2. The van der Waals surface area contributed by atoms with Crippen LogP contribution in [0.3, 0.4) is 0 Å². The van der Waals surface area contributed by atoms with E-state index in [4.69, 9.17) is 14.2 Å². The summed E-state index contributed by atoms with van der Waals surface area (Å²) in [7, 11) is 0. The molecular weight excluding hydrogens is 446 g/mol. The van der Waals surface area contributed by atoms with Crippen LogP contribution in [0, 0.1) is 5.92 Å². The van der Waals surface area contributed by atoms with Crippen molar-refractivity contribution in [2.45, 2.75) is 26.5 Å². The average molecular weight is 474 g/mol. The molecule has 1 aliphatic rings. The molecule has 3 aromatic rings. The third-order valence-corrected chi connectivity index (χ3v) is 5.41. The van der Waals surface area contributed by atoms with Gasteiger partial charge in [0, 0.05) is 11.1 Å². The SMILES string of the molecule is CC(C)C(NC(=O)c1ccc2c(c1)OCO2)C(=O)NN=Cc1ccccc1OCc1ccccc1. The molecule has 0 saturated heterocycles. The van der Waals surface area contributed by atoms with Crippen LogP contribution in [0.1, 0.15) is 35.3 Å². The molecule has 1 atom stereocenters. The molecule has 4 rings (SSSR count). The number of nitrogens with zero attached hydrogens (tertiary/aromatic N) is 1. The number of hydrogen-bond donors (Lipinski definition) is 2. The smallest absolute Gasteiger partial charge is 0.262 e. The molecule has 0 aromatic heterocycles. The Bertz CT molecular complexity index is 1210. The lowest BCUT2D eigenvalue weighted by Crippen LogP contribution is -2.48. The number of benzene rings is 3. The van der Waals surface area contributed by atoms with Gasteiger partial charge in [-0.3, -0.25) is 9.59 Å². The maximum absolute atomic E-state index is 12.8. The molecule has 0 radical (unpaired) electrons. The second kappa shape index (κ2) is 11.2. The first-order chi connectivity index (χ1) is 17.0. The molecule has 2 amide bonds. The number of amides is 2. The van der Waals surface area contributed by atoms with Crippen LogP contribution in [0.2, 0.25) is 0 Å². The van der Waals surface area contributed by atoms with Gasteiger partial charge >= 0.3 is 0 Å². The van der Waals surface area contributed by atoms with Crippen molar-refractivity contribution in [3.8, 4) is 17.2 Å². The van der Waals surface area contributed by atoms with E-state index in [1.165, 1.54) is 6.21 Å². The standard InChI is InChI=1S/C27H27N3O5/c1-18(2)25(29-26(31)20-12-13-23-24(14-20)35-17-34-23)27(32)30-28-15-21-10-6-7-11-22(21)33-16-19-8-4-3-5-9-19/h3-15,18,25H,16-17H2,1-2H3,(H,29,31)(H,30,32). The summed E-state index contributed by atoms with van der Waals surface area (Å²) in [6, 6.07) is 21.4. The zero-order chi connectivity index (χ0) is 24.6. The minimum absolute atomic E-state index is 0.121. The summed E-state index contributed by atoms with van der Waals surface area (Å²) in [4.78, 5) is 25.6. The van der Waals surface area contributed by atoms with Gasteiger partial charge < -0.3 is 19.5 Å². The van der Waals surface area contributed by atoms with Crippen molar-refractivity contribution in [2.24, 2.45) is 11.0 Å². The van der Waals surface area contributed by atoms with Gasteiger partial charge in [0.15, 0.2) is 11.5 Å². The highest BCUT2D eigenvalue weighted by Crippen LogP contribution is 2.32. The topological polar surface area (TPSA) is 98.2 Å². The van der Waals surface area contributed by atoms with E-state index in [0.29, 0.717) is 35.0 Å². The van der Waals surface area contributed by atoms with Crippen LogP contribution in [0.4, 0.5) is 0 Å². The Kier molecular flexibility index (Phi) is 7.62. The number of hydrogen-bond acceptors (Lipinski definition) is 6. The third kappa shape index (κ3) is 6.17. The maximum Gasteiger partial charge on any atom is 0.262 e. The number of carbonyl (C=O) groups is 2. The first-order valence-electron chi connectivity index (χ1n) is 11.3. The summed E-state index contributed by atoms with van der Waals surface area (Å²) in [6.45, 7) is 4.23. The first kappa shape index (κ1) is 23.8. The molecular formula is C27H27N3O5. The lowest BCUT2D eigenvalue weighted by Gasteiger charge is -2.20. The summed E-state index contributed by atoms with van der Waals surface area (Å²) in [5, 5.41) is 6.87. The predicted octanol–water partition coefficient (Wildman–Crippen LogP) is 3.90. The zero-order valence-electron chi connectivity index (χ0n) is 19.6. The number of ether oxygens (including phenoxy) is 3. The molecule has 8 heteroatoms. The van der Waals surface area contributed by atoms with Crippen LogP contribution >= 0.6 is 0 Å². The van der Waals surface area contributed by atoms with Gasteiger partial charge in [0.25, 0.3) is 11.8 Å². The summed E-state index contributed by atoms with van der Waals surface area (Å²) in [5.74, 6) is 0.757. The van der Waals surface area contributed by atoms with Gasteiger partial charge in [0.1, 0.15) is 18.4 Å². The predicted molar refractivity (Wildman–Crippen MR) is 132 cm³/mol. The van der Waals surface area contributed by atoms with Crippen molar-refractivity contribution in [2.75, 3.05) is 6.79 Å². The normalized spacial score (nSPS) is 13.0.